The molecule has 0 radical (unpaired) electrons. The van der Waals surface area contributed by atoms with Crippen molar-refractivity contribution in [3.05, 3.63) is 35.7 Å². The number of hydrogen-bond donors (Lipinski definition) is 2. The van der Waals surface area contributed by atoms with Gasteiger partial charge in [0, 0.05) is 6.54 Å². The molecule has 0 atom stereocenters. The molecule has 1 aromatic heterocycles. The maximum Gasteiger partial charge on any atom is 0.141 e. The minimum absolute atomic E-state index is 0.350. The largest absolute Gasteiger partial charge is 0.496 e. The highest BCUT2D eigenvalue weighted by molar-refractivity contribution is 5.64. The van der Waals surface area contributed by atoms with Gasteiger partial charge >= 0.3 is 0 Å². The third-order valence-corrected chi connectivity index (χ3v) is 2.92. The maximum atomic E-state index is 5.75. The number of para-hydroxylation sites is 1. The molecule has 0 bridgehead atoms. The number of aromatic amines is 1. The Morgan fingerprint density at radius 1 is 1.33 bits per heavy atom. The summed E-state index contributed by atoms with van der Waals surface area (Å²) in [6.45, 7) is 4.69. The average molecular weight is 245 g/mol. The molecule has 2 aromatic rings. The van der Waals surface area contributed by atoms with Gasteiger partial charge < -0.3 is 15.5 Å². The monoisotopic (exact) mass is 245 g/mol. The smallest absolute Gasteiger partial charge is 0.141 e. The molecule has 0 amide bonds. The van der Waals surface area contributed by atoms with Gasteiger partial charge in [-0.05, 0) is 18.1 Å². The number of H-pyrrole nitrogens is 1. The van der Waals surface area contributed by atoms with Crippen LogP contribution in [0, 0.1) is 0 Å². The second-order valence-corrected chi connectivity index (χ2v) is 4.51. The summed E-state index contributed by atoms with van der Waals surface area (Å²) >= 11 is 0. The van der Waals surface area contributed by atoms with Crippen molar-refractivity contribution >= 4 is 0 Å². The van der Waals surface area contributed by atoms with Crippen LogP contribution in [0.4, 0.5) is 0 Å². The number of benzene rings is 1. The highest BCUT2D eigenvalue weighted by atomic mass is 16.5. The zero-order valence-electron chi connectivity index (χ0n) is 11.0. The Morgan fingerprint density at radius 3 is 2.61 bits per heavy atom. The first-order valence-corrected chi connectivity index (χ1v) is 6.09. The van der Waals surface area contributed by atoms with Crippen LogP contribution in [0.5, 0.6) is 5.75 Å². The number of hydrogen-bond acceptors (Lipinski definition) is 3. The summed E-state index contributed by atoms with van der Waals surface area (Å²) < 4.78 is 5.35. The van der Waals surface area contributed by atoms with E-state index >= 15 is 0 Å². The van der Waals surface area contributed by atoms with Crippen LogP contribution in [0.25, 0.3) is 11.4 Å². The van der Waals surface area contributed by atoms with E-state index < -0.39 is 0 Å². The predicted molar refractivity (Wildman–Crippen MR) is 72.6 cm³/mol. The van der Waals surface area contributed by atoms with Crippen LogP contribution in [0.15, 0.2) is 24.3 Å². The Kier molecular flexibility index (Phi) is 3.67. The number of rotatable bonds is 4. The Labute approximate surface area is 107 Å². The number of methoxy groups -OCH3 is 1. The average Bonchev–Trinajstić information content (AvgIpc) is 2.82. The molecule has 0 spiro atoms. The molecule has 0 fully saturated rings. The fourth-order valence-electron chi connectivity index (χ4n) is 2.02. The highest BCUT2D eigenvalue weighted by Crippen LogP contribution is 2.29. The Bertz CT molecular complexity index is 532. The fourth-order valence-corrected chi connectivity index (χ4v) is 2.02. The predicted octanol–water partition coefficient (Wildman–Crippen LogP) is 2.67. The summed E-state index contributed by atoms with van der Waals surface area (Å²) in [4.78, 5) is 7.93. The van der Waals surface area contributed by atoms with Gasteiger partial charge in [-0.15, -0.1) is 0 Å². The molecule has 0 saturated heterocycles. The van der Waals surface area contributed by atoms with Crippen molar-refractivity contribution in [2.75, 3.05) is 7.11 Å². The van der Waals surface area contributed by atoms with Gasteiger partial charge in [-0.3, -0.25) is 0 Å². The summed E-state index contributed by atoms with van der Waals surface area (Å²) in [6.07, 6.45) is 0. The normalized spacial score (nSPS) is 10.9. The molecular formula is C14H19N3O. The van der Waals surface area contributed by atoms with Gasteiger partial charge in [-0.25, -0.2) is 4.98 Å². The molecule has 4 heteroatoms. The summed E-state index contributed by atoms with van der Waals surface area (Å²) in [5, 5.41) is 0. The molecule has 0 aliphatic heterocycles. The van der Waals surface area contributed by atoms with E-state index in [-0.39, 0.29) is 0 Å². The van der Waals surface area contributed by atoms with Gasteiger partial charge in [0.25, 0.3) is 0 Å². The van der Waals surface area contributed by atoms with Crippen molar-refractivity contribution < 1.29 is 4.74 Å². The van der Waals surface area contributed by atoms with E-state index in [0.29, 0.717) is 12.5 Å². The molecule has 1 heterocycles. The number of aromatic nitrogens is 2. The molecular weight excluding hydrogens is 226 g/mol. The first-order chi connectivity index (χ1) is 8.67. The van der Waals surface area contributed by atoms with Gasteiger partial charge in [-0.2, -0.15) is 0 Å². The second-order valence-electron chi connectivity index (χ2n) is 4.51. The first-order valence-electron chi connectivity index (χ1n) is 6.09. The molecule has 96 valence electrons. The topological polar surface area (TPSA) is 63.9 Å². The molecule has 18 heavy (non-hydrogen) atoms. The van der Waals surface area contributed by atoms with E-state index in [9.17, 15) is 0 Å². The van der Waals surface area contributed by atoms with Gasteiger partial charge in [0.05, 0.1) is 24.1 Å². The Morgan fingerprint density at radius 2 is 2.06 bits per heavy atom. The Balaban J connectivity index is 2.51. The first kappa shape index (κ1) is 12.6. The van der Waals surface area contributed by atoms with Crippen LogP contribution >= 0.6 is 0 Å². The lowest BCUT2D eigenvalue weighted by Crippen LogP contribution is -2.02. The van der Waals surface area contributed by atoms with Gasteiger partial charge in [0.15, 0.2) is 0 Å². The quantitative estimate of drug-likeness (QED) is 0.870. The second kappa shape index (κ2) is 5.23. The number of nitrogens with zero attached hydrogens (tertiary/aromatic N) is 1. The van der Waals surface area contributed by atoms with E-state index in [1.54, 1.807) is 7.11 Å². The fraction of sp³-hybridized carbons (Fsp3) is 0.357. The van der Waals surface area contributed by atoms with E-state index in [1.807, 2.05) is 24.3 Å². The van der Waals surface area contributed by atoms with Crippen LogP contribution < -0.4 is 10.5 Å². The summed E-state index contributed by atoms with van der Waals surface area (Å²) in [5.41, 5.74) is 8.73. The maximum absolute atomic E-state index is 5.75. The van der Waals surface area contributed by atoms with Gasteiger partial charge in [0.1, 0.15) is 11.6 Å². The lowest BCUT2D eigenvalue weighted by Gasteiger charge is -2.04. The van der Waals surface area contributed by atoms with Gasteiger partial charge in [-0.1, -0.05) is 26.0 Å². The van der Waals surface area contributed by atoms with Crippen molar-refractivity contribution in [1.82, 2.24) is 9.97 Å². The van der Waals surface area contributed by atoms with E-state index in [1.165, 1.54) is 0 Å². The summed E-state index contributed by atoms with van der Waals surface area (Å²) in [6, 6.07) is 7.83. The summed E-state index contributed by atoms with van der Waals surface area (Å²) in [7, 11) is 1.66. The molecule has 2 rings (SSSR count). The van der Waals surface area contributed by atoms with E-state index in [0.717, 1.165) is 28.5 Å². The number of nitrogens with one attached hydrogen (secondary N) is 1. The zero-order valence-corrected chi connectivity index (χ0v) is 11.0. The lowest BCUT2D eigenvalue weighted by molar-refractivity contribution is 0.416. The van der Waals surface area contributed by atoms with Crippen molar-refractivity contribution in [3.8, 4) is 17.1 Å². The molecule has 1 aromatic carbocycles. The zero-order chi connectivity index (χ0) is 13.1. The molecule has 0 aliphatic rings. The molecule has 0 aliphatic carbocycles. The van der Waals surface area contributed by atoms with Crippen LogP contribution in [-0.2, 0) is 6.54 Å². The lowest BCUT2D eigenvalue weighted by atomic mass is 10.1. The molecule has 0 unspecified atom stereocenters. The SMILES string of the molecule is COc1ccccc1-c1nc(C(C)C)c(CN)[nH]1. The van der Waals surface area contributed by atoms with Crippen molar-refractivity contribution in [2.45, 2.75) is 26.3 Å². The Hall–Kier alpha value is -1.81. The van der Waals surface area contributed by atoms with E-state index in [4.69, 9.17) is 10.5 Å². The van der Waals surface area contributed by atoms with E-state index in [2.05, 4.69) is 23.8 Å². The third kappa shape index (κ3) is 2.24. The summed E-state index contributed by atoms with van der Waals surface area (Å²) in [5.74, 6) is 1.98. The number of imidazole rings is 1. The number of ether oxygens (including phenoxy) is 1. The van der Waals surface area contributed by atoms with Crippen LogP contribution in [0.1, 0.15) is 31.2 Å². The minimum atomic E-state index is 0.350. The van der Waals surface area contributed by atoms with Gasteiger partial charge in [0.2, 0.25) is 0 Å². The molecule has 0 saturated carbocycles. The van der Waals surface area contributed by atoms with Crippen molar-refractivity contribution in [1.29, 1.82) is 0 Å². The molecule has 4 nitrogen and oxygen atoms in total. The van der Waals surface area contributed by atoms with Crippen molar-refractivity contribution in [2.24, 2.45) is 5.73 Å². The van der Waals surface area contributed by atoms with Crippen LogP contribution in [-0.4, -0.2) is 17.1 Å². The standard InChI is InChI=1S/C14H19N3O/c1-9(2)13-11(8-15)16-14(17-13)10-6-4-5-7-12(10)18-3/h4-7,9H,8,15H2,1-3H3,(H,16,17). The number of nitrogens with two attached hydrogens (primary N) is 1. The third-order valence-electron chi connectivity index (χ3n) is 2.92. The van der Waals surface area contributed by atoms with Crippen LogP contribution in [0.3, 0.4) is 0 Å². The van der Waals surface area contributed by atoms with Crippen molar-refractivity contribution in [3.63, 3.8) is 0 Å². The minimum Gasteiger partial charge on any atom is -0.496 e. The highest BCUT2D eigenvalue weighted by Gasteiger charge is 2.15. The van der Waals surface area contributed by atoms with Crippen LogP contribution in [0.2, 0.25) is 0 Å². The molecule has 3 N–H and O–H groups in total.